The molecule has 1 amide bonds. The zero-order valence-electron chi connectivity index (χ0n) is 11.8. The maximum Gasteiger partial charge on any atom is 0.435 e. The Bertz CT molecular complexity index is 723. The van der Waals surface area contributed by atoms with Gasteiger partial charge in [-0.3, -0.25) is 9.48 Å². The van der Waals surface area contributed by atoms with E-state index in [9.17, 15) is 18.0 Å². The largest absolute Gasteiger partial charge is 0.435 e. The van der Waals surface area contributed by atoms with Crippen molar-refractivity contribution < 1.29 is 18.0 Å². The fourth-order valence-electron chi connectivity index (χ4n) is 2.17. The van der Waals surface area contributed by atoms with Gasteiger partial charge in [0.15, 0.2) is 5.69 Å². The molecule has 0 aliphatic heterocycles. The summed E-state index contributed by atoms with van der Waals surface area (Å²) in [5.41, 5.74) is -0.509. The molecule has 1 N–H and O–H groups in total. The Morgan fingerprint density at radius 3 is 2.70 bits per heavy atom. The minimum atomic E-state index is -4.52. The van der Waals surface area contributed by atoms with E-state index < -0.39 is 17.8 Å². The van der Waals surface area contributed by atoms with Gasteiger partial charge >= 0.3 is 6.18 Å². The van der Waals surface area contributed by atoms with Crippen molar-refractivity contribution in [2.75, 3.05) is 5.32 Å². The first kappa shape index (κ1) is 16.0. The smallest absolute Gasteiger partial charge is 0.309 e. The van der Waals surface area contributed by atoms with Gasteiger partial charge in [-0.2, -0.15) is 18.3 Å². The highest BCUT2D eigenvalue weighted by atomic mass is 79.9. The number of carbonyl (C=O) groups excluding carboxylic acids is 1. The predicted octanol–water partition coefficient (Wildman–Crippen LogP) is 3.58. The van der Waals surface area contributed by atoms with Gasteiger partial charge in [-0.05, 0) is 47.0 Å². The van der Waals surface area contributed by atoms with E-state index in [2.05, 4.69) is 31.3 Å². The average molecular weight is 389 g/mol. The molecule has 1 saturated carbocycles. The molecule has 0 saturated heterocycles. The van der Waals surface area contributed by atoms with Crippen molar-refractivity contribution in [3.8, 4) is 0 Å². The maximum atomic E-state index is 12.8. The Balaban J connectivity index is 1.75. The first-order chi connectivity index (χ1) is 10.8. The molecule has 0 atom stereocenters. The number of halogens is 4. The highest BCUT2D eigenvalue weighted by molar-refractivity contribution is 9.10. The van der Waals surface area contributed by atoms with E-state index in [1.54, 1.807) is 12.1 Å². The number of rotatable bonds is 4. The quantitative estimate of drug-likeness (QED) is 0.870. The van der Waals surface area contributed by atoms with E-state index in [1.807, 2.05) is 0 Å². The first-order valence-electron chi connectivity index (χ1n) is 6.89. The zero-order chi connectivity index (χ0) is 16.6. The number of aromatic nitrogens is 3. The van der Waals surface area contributed by atoms with Crippen LogP contribution in [0.4, 0.5) is 19.0 Å². The van der Waals surface area contributed by atoms with Crippen LogP contribution in [0, 0.1) is 0 Å². The number of hydrogen-bond acceptors (Lipinski definition) is 3. The average Bonchev–Trinajstić information content (AvgIpc) is 3.21. The van der Waals surface area contributed by atoms with Gasteiger partial charge in [0.25, 0.3) is 0 Å². The summed E-state index contributed by atoms with van der Waals surface area (Å²) in [7, 11) is 0. The van der Waals surface area contributed by atoms with E-state index >= 15 is 0 Å². The second kappa shape index (κ2) is 5.95. The van der Waals surface area contributed by atoms with Gasteiger partial charge in [0, 0.05) is 22.3 Å². The van der Waals surface area contributed by atoms with Crippen molar-refractivity contribution in [2.24, 2.45) is 0 Å². The van der Waals surface area contributed by atoms with Crippen LogP contribution >= 0.6 is 15.9 Å². The van der Waals surface area contributed by atoms with Gasteiger partial charge < -0.3 is 5.32 Å². The van der Waals surface area contributed by atoms with Crippen LogP contribution in [0.2, 0.25) is 0 Å². The summed E-state index contributed by atoms with van der Waals surface area (Å²) in [6.07, 6.45) is -1.36. The van der Waals surface area contributed by atoms with Crippen molar-refractivity contribution in [2.45, 2.75) is 31.5 Å². The molecule has 0 spiro atoms. The summed E-state index contributed by atoms with van der Waals surface area (Å²) in [6, 6.07) is 4.32. The predicted molar refractivity (Wildman–Crippen MR) is 79.8 cm³/mol. The minimum Gasteiger partial charge on any atom is -0.309 e. The summed E-state index contributed by atoms with van der Waals surface area (Å²) >= 11 is 3.22. The number of pyridine rings is 1. The van der Waals surface area contributed by atoms with Crippen LogP contribution in [-0.4, -0.2) is 20.7 Å². The molecule has 1 aliphatic carbocycles. The molecule has 23 heavy (non-hydrogen) atoms. The lowest BCUT2D eigenvalue weighted by atomic mass is 10.2. The van der Waals surface area contributed by atoms with Crippen LogP contribution in [0.3, 0.4) is 0 Å². The zero-order valence-corrected chi connectivity index (χ0v) is 13.4. The third-order valence-corrected chi connectivity index (χ3v) is 3.85. The molecule has 0 bridgehead atoms. The van der Waals surface area contributed by atoms with Crippen molar-refractivity contribution >= 4 is 27.7 Å². The first-order valence-corrected chi connectivity index (χ1v) is 7.68. The normalized spacial score (nSPS) is 14.8. The number of nitrogens with one attached hydrogen (secondary N) is 1. The molecule has 2 heterocycles. The number of alkyl halides is 3. The molecule has 2 aromatic rings. The maximum absolute atomic E-state index is 12.8. The lowest BCUT2D eigenvalue weighted by Crippen LogP contribution is -2.21. The third-order valence-electron chi connectivity index (χ3n) is 3.39. The van der Waals surface area contributed by atoms with E-state index in [1.165, 1.54) is 6.20 Å². The molecule has 5 nitrogen and oxygen atoms in total. The lowest BCUT2D eigenvalue weighted by Gasteiger charge is -2.07. The van der Waals surface area contributed by atoms with Gasteiger partial charge in [0.2, 0.25) is 5.91 Å². The highest BCUT2D eigenvalue weighted by Gasteiger charge is 2.38. The van der Waals surface area contributed by atoms with Crippen molar-refractivity contribution in [1.29, 1.82) is 0 Å². The van der Waals surface area contributed by atoms with Gasteiger partial charge in [0.05, 0.1) is 0 Å². The van der Waals surface area contributed by atoms with Crippen LogP contribution in [0.25, 0.3) is 0 Å². The molecule has 0 radical (unpaired) electrons. The molecule has 122 valence electrons. The van der Waals surface area contributed by atoms with Crippen LogP contribution in [0.1, 0.15) is 30.1 Å². The van der Waals surface area contributed by atoms with Crippen LogP contribution < -0.4 is 5.32 Å². The topological polar surface area (TPSA) is 59.8 Å². The van der Waals surface area contributed by atoms with Crippen molar-refractivity contribution in [3.05, 3.63) is 40.3 Å². The summed E-state index contributed by atoms with van der Waals surface area (Å²) < 4.78 is 40.3. The molecule has 0 unspecified atom stereocenters. The van der Waals surface area contributed by atoms with Crippen molar-refractivity contribution in [3.63, 3.8) is 0 Å². The highest BCUT2D eigenvalue weighted by Crippen LogP contribution is 2.42. The molecule has 1 fully saturated rings. The molecule has 1 aliphatic rings. The third kappa shape index (κ3) is 3.90. The summed E-state index contributed by atoms with van der Waals surface area (Å²) in [6.45, 7) is -0.278. The Morgan fingerprint density at radius 1 is 1.39 bits per heavy atom. The van der Waals surface area contributed by atoms with E-state index in [0.717, 1.165) is 28.1 Å². The molecule has 9 heteroatoms. The fraction of sp³-hybridized carbons (Fsp3) is 0.357. The number of amides is 1. The SMILES string of the molecule is O=C(Cn1nc(C(F)(F)F)cc1C1CC1)Nc1ccc(Br)cn1. The molecular weight excluding hydrogens is 377 g/mol. The molecule has 3 rings (SSSR count). The van der Waals surface area contributed by atoms with E-state index in [-0.39, 0.29) is 12.5 Å². The Labute approximate surface area is 138 Å². The van der Waals surface area contributed by atoms with E-state index in [4.69, 9.17) is 0 Å². The summed E-state index contributed by atoms with van der Waals surface area (Å²) in [5.74, 6) is -0.0925. The number of carbonyl (C=O) groups is 1. The number of hydrogen-bond donors (Lipinski definition) is 1. The lowest BCUT2D eigenvalue weighted by molar-refractivity contribution is -0.141. The standard InChI is InChI=1S/C14H12BrF3N4O/c15-9-3-4-12(19-6-9)20-13(23)7-22-10(8-1-2-8)5-11(21-22)14(16,17)18/h3-6,8H,1-2,7H2,(H,19,20,23). The van der Waals surface area contributed by atoms with Gasteiger partial charge in [-0.1, -0.05) is 0 Å². The van der Waals surface area contributed by atoms with Crippen LogP contribution in [-0.2, 0) is 17.5 Å². The number of nitrogens with zero attached hydrogens (tertiary/aromatic N) is 3. The van der Waals surface area contributed by atoms with Gasteiger partial charge in [0.1, 0.15) is 12.4 Å². The Kier molecular flexibility index (Phi) is 4.13. The van der Waals surface area contributed by atoms with Gasteiger partial charge in [-0.15, -0.1) is 0 Å². The fourth-order valence-corrected chi connectivity index (χ4v) is 2.41. The second-order valence-electron chi connectivity index (χ2n) is 5.29. The Morgan fingerprint density at radius 2 is 2.13 bits per heavy atom. The molecule has 0 aromatic carbocycles. The minimum absolute atomic E-state index is 0.0530. The van der Waals surface area contributed by atoms with E-state index in [0.29, 0.717) is 11.5 Å². The Hall–Kier alpha value is -1.90. The second-order valence-corrected chi connectivity index (χ2v) is 6.21. The number of anilines is 1. The van der Waals surface area contributed by atoms with Crippen LogP contribution in [0.15, 0.2) is 28.9 Å². The van der Waals surface area contributed by atoms with Crippen molar-refractivity contribution in [1.82, 2.24) is 14.8 Å². The summed E-state index contributed by atoms with van der Waals surface area (Å²) in [4.78, 5) is 16.0. The summed E-state index contributed by atoms with van der Waals surface area (Å²) in [5, 5.41) is 6.08. The molecular formula is C14H12BrF3N4O. The monoisotopic (exact) mass is 388 g/mol. The molecule has 2 aromatic heterocycles. The van der Waals surface area contributed by atoms with Gasteiger partial charge in [-0.25, -0.2) is 4.98 Å². The van der Waals surface area contributed by atoms with Crippen LogP contribution in [0.5, 0.6) is 0 Å².